The van der Waals surface area contributed by atoms with Gasteiger partial charge in [0.2, 0.25) is 5.76 Å². The second kappa shape index (κ2) is 4.37. The average molecular weight is 200 g/mol. The van der Waals surface area contributed by atoms with Crippen LogP contribution in [-0.4, -0.2) is 16.8 Å². The minimum absolute atomic E-state index is 0.0125. The number of rotatable bonds is 4. The van der Waals surface area contributed by atoms with Crippen LogP contribution < -0.4 is 0 Å². The van der Waals surface area contributed by atoms with Crippen molar-refractivity contribution in [2.45, 2.75) is 19.1 Å². The van der Waals surface area contributed by atoms with Gasteiger partial charge in [-0.15, -0.1) is 0 Å². The van der Waals surface area contributed by atoms with Gasteiger partial charge in [-0.1, -0.05) is 6.92 Å². The molecule has 4 heteroatoms. The van der Waals surface area contributed by atoms with Crippen molar-refractivity contribution >= 4 is 17.7 Å². The van der Waals surface area contributed by atoms with Gasteiger partial charge in [0, 0.05) is 0 Å². The average Bonchev–Trinajstić information content (AvgIpc) is 2.52. The van der Waals surface area contributed by atoms with E-state index < -0.39 is 5.97 Å². The number of carboxylic acid groups (broad SMARTS) is 1. The monoisotopic (exact) mass is 200 g/mol. The molecular weight excluding hydrogens is 188 g/mol. The SMILES string of the molecule is CCSC(C)c1ccc(C(=O)O)o1. The zero-order valence-electron chi connectivity index (χ0n) is 7.61. The van der Waals surface area contributed by atoms with Crippen molar-refractivity contribution in [3.05, 3.63) is 23.7 Å². The van der Waals surface area contributed by atoms with Gasteiger partial charge in [-0.2, -0.15) is 11.8 Å². The van der Waals surface area contributed by atoms with Crippen LogP contribution in [0.3, 0.4) is 0 Å². The lowest BCUT2D eigenvalue weighted by atomic mass is 10.3. The lowest BCUT2D eigenvalue weighted by molar-refractivity contribution is 0.0660. The summed E-state index contributed by atoms with van der Waals surface area (Å²) in [6, 6.07) is 3.21. The molecule has 1 rings (SSSR count). The molecule has 0 aliphatic heterocycles. The van der Waals surface area contributed by atoms with Crippen LogP contribution in [-0.2, 0) is 0 Å². The number of thioether (sulfide) groups is 1. The number of hydrogen-bond donors (Lipinski definition) is 1. The van der Waals surface area contributed by atoms with Gasteiger partial charge < -0.3 is 9.52 Å². The van der Waals surface area contributed by atoms with Crippen molar-refractivity contribution in [3.8, 4) is 0 Å². The summed E-state index contributed by atoms with van der Waals surface area (Å²) in [6.45, 7) is 4.06. The predicted molar refractivity (Wildman–Crippen MR) is 52.2 cm³/mol. The summed E-state index contributed by atoms with van der Waals surface area (Å²) in [5.74, 6) is 0.715. The summed E-state index contributed by atoms with van der Waals surface area (Å²) >= 11 is 1.72. The fourth-order valence-electron chi connectivity index (χ4n) is 1.02. The molecule has 1 unspecified atom stereocenters. The van der Waals surface area contributed by atoms with Crippen LogP contribution >= 0.6 is 11.8 Å². The van der Waals surface area contributed by atoms with Gasteiger partial charge in [-0.3, -0.25) is 0 Å². The third-order valence-electron chi connectivity index (χ3n) is 1.65. The van der Waals surface area contributed by atoms with E-state index in [4.69, 9.17) is 9.52 Å². The number of carboxylic acids is 1. The van der Waals surface area contributed by atoms with Gasteiger partial charge in [0.05, 0.1) is 5.25 Å². The van der Waals surface area contributed by atoms with Crippen molar-refractivity contribution in [1.82, 2.24) is 0 Å². The number of aromatic carboxylic acids is 1. The standard InChI is InChI=1S/C9H12O3S/c1-3-13-6(2)7-4-5-8(12-7)9(10)11/h4-6H,3H2,1-2H3,(H,10,11). The third-order valence-corrected chi connectivity index (χ3v) is 2.72. The van der Waals surface area contributed by atoms with Gasteiger partial charge in [0.25, 0.3) is 0 Å². The molecule has 0 aliphatic carbocycles. The molecular formula is C9H12O3S. The minimum Gasteiger partial charge on any atom is -0.475 e. The van der Waals surface area contributed by atoms with Gasteiger partial charge in [-0.25, -0.2) is 4.79 Å². The normalized spacial score (nSPS) is 12.8. The van der Waals surface area contributed by atoms with Crippen molar-refractivity contribution in [2.24, 2.45) is 0 Å². The van der Waals surface area contributed by atoms with E-state index in [-0.39, 0.29) is 11.0 Å². The minimum atomic E-state index is -1.01. The number of furan rings is 1. The first-order chi connectivity index (χ1) is 6.15. The molecule has 0 aromatic carbocycles. The molecule has 0 spiro atoms. The molecule has 1 heterocycles. The molecule has 0 fully saturated rings. The smallest absolute Gasteiger partial charge is 0.371 e. The largest absolute Gasteiger partial charge is 0.475 e. The second-order valence-corrected chi connectivity index (χ2v) is 4.22. The van der Waals surface area contributed by atoms with Crippen molar-refractivity contribution in [3.63, 3.8) is 0 Å². The van der Waals surface area contributed by atoms with E-state index in [9.17, 15) is 4.79 Å². The third kappa shape index (κ3) is 2.52. The van der Waals surface area contributed by atoms with Crippen molar-refractivity contribution in [2.75, 3.05) is 5.75 Å². The highest BCUT2D eigenvalue weighted by molar-refractivity contribution is 7.99. The maximum Gasteiger partial charge on any atom is 0.371 e. The summed E-state index contributed by atoms with van der Waals surface area (Å²) in [7, 11) is 0. The van der Waals surface area contributed by atoms with Gasteiger partial charge in [-0.05, 0) is 24.8 Å². The Bertz CT molecular complexity index is 293. The summed E-state index contributed by atoms with van der Waals surface area (Å²) in [4.78, 5) is 10.5. The highest BCUT2D eigenvalue weighted by Crippen LogP contribution is 2.28. The molecule has 0 aliphatic rings. The van der Waals surface area contributed by atoms with Crippen LogP contribution in [0.5, 0.6) is 0 Å². The molecule has 1 atom stereocenters. The molecule has 0 saturated heterocycles. The van der Waals surface area contributed by atoms with Gasteiger partial charge in [0.1, 0.15) is 5.76 Å². The predicted octanol–water partition coefficient (Wildman–Crippen LogP) is 2.79. The molecule has 72 valence electrons. The summed E-state index contributed by atoms with van der Waals surface area (Å²) < 4.78 is 5.14. The Morgan fingerprint density at radius 1 is 1.69 bits per heavy atom. The Kier molecular flexibility index (Phi) is 3.42. The second-order valence-electron chi connectivity index (χ2n) is 2.60. The lowest BCUT2D eigenvalue weighted by Gasteiger charge is -2.04. The molecule has 13 heavy (non-hydrogen) atoms. The maximum absolute atomic E-state index is 10.5. The zero-order chi connectivity index (χ0) is 9.84. The first-order valence-electron chi connectivity index (χ1n) is 4.09. The molecule has 1 aromatic heterocycles. The summed E-state index contributed by atoms with van der Waals surface area (Å²) in [5, 5.41) is 8.83. The Morgan fingerprint density at radius 3 is 2.85 bits per heavy atom. The highest BCUT2D eigenvalue weighted by Gasteiger charge is 2.13. The van der Waals surface area contributed by atoms with Gasteiger partial charge in [0.15, 0.2) is 0 Å². The van der Waals surface area contributed by atoms with Crippen molar-refractivity contribution in [1.29, 1.82) is 0 Å². The van der Waals surface area contributed by atoms with E-state index in [0.717, 1.165) is 11.5 Å². The summed E-state index contributed by atoms with van der Waals surface area (Å²) in [5.41, 5.74) is 0. The Hall–Kier alpha value is -0.900. The van der Waals surface area contributed by atoms with E-state index in [1.54, 1.807) is 17.8 Å². The Balaban J connectivity index is 2.73. The van der Waals surface area contributed by atoms with Crippen LogP contribution in [0, 0.1) is 0 Å². The fourth-order valence-corrected chi connectivity index (χ4v) is 1.81. The lowest BCUT2D eigenvalue weighted by Crippen LogP contribution is -1.92. The van der Waals surface area contributed by atoms with Crippen LogP contribution in [0.4, 0.5) is 0 Å². The Labute approximate surface area is 81.1 Å². The van der Waals surface area contributed by atoms with E-state index in [1.165, 1.54) is 6.07 Å². The van der Waals surface area contributed by atoms with E-state index in [2.05, 4.69) is 6.92 Å². The number of carbonyl (C=O) groups is 1. The van der Waals surface area contributed by atoms with E-state index >= 15 is 0 Å². The van der Waals surface area contributed by atoms with Crippen LogP contribution in [0.15, 0.2) is 16.5 Å². The first kappa shape index (κ1) is 10.2. The zero-order valence-corrected chi connectivity index (χ0v) is 8.43. The topological polar surface area (TPSA) is 50.4 Å². The number of hydrogen-bond acceptors (Lipinski definition) is 3. The Morgan fingerprint density at radius 2 is 2.38 bits per heavy atom. The van der Waals surface area contributed by atoms with Gasteiger partial charge >= 0.3 is 5.97 Å². The molecule has 1 N–H and O–H groups in total. The molecule has 0 radical (unpaired) electrons. The molecule has 1 aromatic rings. The van der Waals surface area contributed by atoms with Crippen LogP contribution in [0.1, 0.15) is 35.4 Å². The summed E-state index contributed by atoms with van der Waals surface area (Å²) in [6.07, 6.45) is 0. The maximum atomic E-state index is 10.5. The van der Waals surface area contributed by atoms with E-state index in [0.29, 0.717) is 0 Å². The quantitative estimate of drug-likeness (QED) is 0.811. The molecule has 0 amide bonds. The molecule has 3 nitrogen and oxygen atoms in total. The van der Waals surface area contributed by atoms with Crippen molar-refractivity contribution < 1.29 is 14.3 Å². The molecule has 0 bridgehead atoms. The van der Waals surface area contributed by atoms with Crippen LogP contribution in [0.25, 0.3) is 0 Å². The molecule has 0 saturated carbocycles. The fraction of sp³-hybridized carbons (Fsp3) is 0.444. The van der Waals surface area contributed by atoms with Crippen LogP contribution in [0.2, 0.25) is 0 Å². The highest BCUT2D eigenvalue weighted by atomic mass is 32.2. The van der Waals surface area contributed by atoms with E-state index in [1.807, 2.05) is 6.92 Å². The first-order valence-corrected chi connectivity index (χ1v) is 5.14.